The van der Waals surface area contributed by atoms with E-state index in [0.717, 1.165) is 0 Å². The van der Waals surface area contributed by atoms with E-state index in [9.17, 15) is 4.79 Å². The summed E-state index contributed by atoms with van der Waals surface area (Å²) in [5, 5.41) is 0. The molecule has 1 aromatic rings. The van der Waals surface area contributed by atoms with E-state index in [-0.39, 0.29) is 11.9 Å². The molecule has 0 aliphatic heterocycles. The Morgan fingerprint density at radius 2 is 2.27 bits per heavy atom. The van der Waals surface area contributed by atoms with Crippen LogP contribution in [0.1, 0.15) is 29.1 Å². The molecule has 84 valence electrons. The van der Waals surface area contributed by atoms with Gasteiger partial charge in [0, 0.05) is 29.1 Å². The monoisotopic (exact) mass is 245 g/mol. The van der Waals surface area contributed by atoms with Crippen LogP contribution in [0.5, 0.6) is 0 Å². The van der Waals surface area contributed by atoms with Gasteiger partial charge in [-0.1, -0.05) is 0 Å². The van der Waals surface area contributed by atoms with Crippen molar-refractivity contribution >= 4 is 28.8 Å². The van der Waals surface area contributed by atoms with E-state index < -0.39 is 0 Å². The molecule has 1 heterocycles. The zero-order chi connectivity index (χ0) is 11.4. The zero-order valence-electron chi connectivity index (χ0n) is 9.29. The van der Waals surface area contributed by atoms with Crippen LogP contribution >= 0.6 is 22.9 Å². The number of amides is 1. The number of rotatable bonds is 4. The molecule has 1 atom stereocenters. The summed E-state index contributed by atoms with van der Waals surface area (Å²) >= 11 is 7.28. The van der Waals surface area contributed by atoms with E-state index in [1.54, 1.807) is 16.2 Å². The van der Waals surface area contributed by atoms with Gasteiger partial charge in [0.25, 0.3) is 0 Å². The quantitative estimate of drug-likeness (QED) is 0.746. The highest BCUT2D eigenvalue weighted by molar-refractivity contribution is 7.12. The molecule has 0 bridgehead atoms. The van der Waals surface area contributed by atoms with Crippen molar-refractivity contribution in [3.8, 4) is 0 Å². The molecule has 1 aromatic heterocycles. The third-order valence-corrected chi connectivity index (χ3v) is 3.82. The van der Waals surface area contributed by atoms with Crippen LogP contribution in [0.15, 0.2) is 12.1 Å². The van der Waals surface area contributed by atoms with Crippen LogP contribution in [-0.4, -0.2) is 23.7 Å². The summed E-state index contributed by atoms with van der Waals surface area (Å²) in [5.74, 6) is 0.489. The fraction of sp³-hybridized carbons (Fsp3) is 0.545. The molecule has 0 spiro atoms. The van der Waals surface area contributed by atoms with Crippen LogP contribution in [0.2, 0.25) is 0 Å². The second kappa shape index (κ2) is 5.52. The Balaban J connectivity index is 2.67. The predicted octanol–water partition coefficient (Wildman–Crippen LogP) is 3.20. The Morgan fingerprint density at radius 1 is 1.60 bits per heavy atom. The molecule has 0 N–H and O–H groups in total. The SMILES string of the molecule is Cc1ccc(C(C)N(C)C(=O)CCCl)s1. The van der Waals surface area contributed by atoms with Crippen molar-refractivity contribution in [3.05, 3.63) is 21.9 Å². The number of thiophene rings is 1. The highest BCUT2D eigenvalue weighted by Crippen LogP contribution is 2.26. The number of nitrogens with zero attached hydrogens (tertiary/aromatic N) is 1. The lowest BCUT2D eigenvalue weighted by Crippen LogP contribution is -2.29. The van der Waals surface area contributed by atoms with Gasteiger partial charge < -0.3 is 4.90 Å². The van der Waals surface area contributed by atoms with Gasteiger partial charge in [0.2, 0.25) is 5.91 Å². The number of alkyl halides is 1. The minimum Gasteiger partial charge on any atom is -0.338 e. The summed E-state index contributed by atoms with van der Waals surface area (Å²) in [5.41, 5.74) is 0. The standard InChI is InChI=1S/C11H16ClNOS/c1-8-4-5-10(15-8)9(2)13(3)11(14)6-7-12/h4-5,9H,6-7H2,1-3H3. The van der Waals surface area contributed by atoms with Gasteiger partial charge in [0.15, 0.2) is 0 Å². The minimum atomic E-state index is 0.101. The van der Waals surface area contributed by atoms with Crippen LogP contribution in [0.25, 0.3) is 0 Å². The van der Waals surface area contributed by atoms with Crippen molar-refractivity contribution in [1.82, 2.24) is 4.90 Å². The Labute approximate surface area is 99.9 Å². The molecule has 0 aliphatic rings. The maximum Gasteiger partial charge on any atom is 0.224 e. The molecule has 1 amide bonds. The molecule has 0 saturated carbocycles. The first kappa shape index (κ1) is 12.5. The molecule has 4 heteroatoms. The van der Waals surface area contributed by atoms with Gasteiger partial charge in [0.05, 0.1) is 6.04 Å². The van der Waals surface area contributed by atoms with Gasteiger partial charge in [-0.3, -0.25) is 4.79 Å². The summed E-state index contributed by atoms with van der Waals surface area (Å²) < 4.78 is 0. The molecule has 0 saturated heterocycles. The molecule has 1 unspecified atom stereocenters. The van der Waals surface area contributed by atoms with Crippen LogP contribution < -0.4 is 0 Å². The van der Waals surface area contributed by atoms with Crippen LogP contribution in [0, 0.1) is 6.92 Å². The molecule has 2 nitrogen and oxygen atoms in total. The molecule has 0 aromatic carbocycles. The van der Waals surface area contributed by atoms with Gasteiger partial charge >= 0.3 is 0 Å². The molecule has 0 fully saturated rings. The van der Waals surface area contributed by atoms with E-state index in [0.29, 0.717) is 12.3 Å². The van der Waals surface area contributed by atoms with Gasteiger partial charge in [-0.05, 0) is 26.0 Å². The summed E-state index contributed by atoms with van der Waals surface area (Å²) in [6.07, 6.45) is 0.409. The molecule has 15 heavy (non-hydrogen) atoms. The molecular weight excluding hydrogens is 230 g/mol. The summed E-state index contributed by atoms with van der Waals surface area (Å²) in [6.45, 7) is 4.11. The van der Waals surface area contributed by atoms with Crippen molar-refractivity contribution in [1.29, 1.82) is 0 Å². The first-order valence-corrected chi connectivity index (χ1v) is 6.29. The lowest BCUT2D eigenvalue weighted by molar-refractivity contribution is -0.131. The predicted molar refractivity (Wildman–Crippen MR) is 65.6 cm³/mol. The first-order valence-electron chi connectivity index (χ1n) is 4.94. The van der Waals surface area contributed by atoms with Gasteiger partial charge in [-0.2, -0.15) is 0 Å². The molecular formula is C11H16ClNOS. The lowest BCUT2D eigenvalue weighted by Gasteiger charge is -2.23. The fourth-order valence-corrected chi connectivity index (χ4v) is 2.48. The van der Waals surface area contributed by atoms with E-state index >= 15 is 0 Å². The third-order valence-electron chi connectivity index (χ3n) is 2.46. The highest BCUT2D eigenvalue weighted by Gasteiger charge is 2.17. The number of carbonyl (C=O) groups is 1. The Kier molecular flexibility index (Phi) is 4.61. The topological polar surface area (TPSA) is 20.3 Å². The van der Waals surface area contributed by atoms with Crippen LogP contribution in [0.3, 0.4) is 0 Å². The summed E-state index contributed by atoms with van der Waals surface area (Å²) in [7, 11) is 1.83. The zero-order valence-corrected chi connectivity index (χ0v) is 10.9. The number of halogens is 1. The van der Waals surface area contributed by atoms with Gasteiger partial charge in [0.1, 0.15) is 0 Å². The normalized spacial score (nSPS) is 12.5. The molecule has 0 aliphatic carbocycles. The smallest absolute Gasteiger partial charge is 0.224 e. The number of hydrogen-bond donors (Lipinski definition) is 0. The van der Waals surface area contributed by atoms with Crippen molar-refractivity contribution in [2.75, 3.05) is 12.9 Å². The summed E-state index contributed by atoms with van der Waals surface area (Å²) in [6, 6.07) is 4.30. The number of aryl methyl sites for hydroxylation is 1. The second-order valence-electron chi connectivity index (χ2n) is 3.57. The number of hydrogen-bond acceptors (Lipinski definition) is 2. The second-order valence-corrected chi connectivity index (χ2v) is 5.27. The van der Waals surface area contributed by atoms with Gasteiger partial charge in [-0.15, -0.1) is 22.9 Å². The average Bonchev–Trinajstić information content (AvgIpc) is 2.63. The first-order chi connectivity index (χ1) is 7.06. The Bertz CT molecular complexity index is 337. The van der Waals surface area contributed by atoms with Crippen molar-refractivity contribution in [2.24, 2.45) is 0 Å². The van der Waals surface area contributed by atoms with Crippen LogP contribution in [-0.2, 0) is 4.79 Å². The van der Waals surface area contributed by atoms with E-state index in [1.807, 2.05) is 14.0 Å². The van der Waals surface area contributed by atoms with Gasteiger partial charge in [-0.25, -0.2) is 0 Å². The largest absolute Gasteiger partial charge is 0.338 e. The van der Waals surface area contributed by atoms with E-state index in [1.165, 1.54) is 9.75 Å². The third kappa shape index (κ3) is 3.21. The molecule has 1 rings (SSSR count). The fourth-order valence-electron chi connectivity index (χ4n) is 1.34. The summed E-state index contributed by atoms with van der Waals surface area (Å²) in [4.78, 5) is 15.9. The lowest BCUT2D eigenvalue weighted by atomic mass is 10.2. The van der Waals surface area contributed by atoms with Crippen molar-refractivity contribution in [2.45, 2.75) is 26.3 Å². The van der Waals surface area contributed by atoms with Crippen molar-refractivity contribution in [3.63, 3.8) is 0 Å². The van der Waals surface area contributed by atoms with Crippen molar-refractivity contribution < 1.29 is 4.79 Å². The average molecular weight is 246 g/mol. The Morgan fingerprint density at radius 3 is 2.73 bits per heavy atom. The van der Waals surface area contributed by atoms with Crippen LogP contribution in [0.4, 0.5) is 0 Å². The highest BCUT2D eigenvalue weighted by atomic mass is 35.5. The maximum atomic E-state index is 11.6. The molecule has 0 radical (unpaired) electrons. The maximum absolute atomic E-state index is 11.6. The Hall–Kier alpha value is -0.540. The van der Waals surface area contributed by atoms with E-state index in [2.05, 4.69) is 19.1 Å². The minimum absolute atomic E-state index is 0.101. The van der Waals surface area contributed by atoms with E-state index in [4.69, 9.17) is 11.6 Å². The number of carbonyl (C=O) groups excluding carboxylic acids is 1.